The molecule has 0 saturated carbocycles. The van der Waals surface area contributed by atoms with Gasteiger partial charge in [-0.3, -0.25) is 0 Å². The summed E-state index contributed by atoms with van der Waals surface area (Å²) in [7, 11) is 1.39. The van der Waals surface area contributed by atoms with Crippen LogP contribution in [0.25, 0.3) is 0 Å². The van der Waals surface area contributed by atoms with Crippen LogP contribution in [0.2, 0.25) is 5.02 Å². The van der Waals surface area contributed by atoms with Crippen LogP contribution in [0.4, 0.5) is 14.5 Å². The Hall–Kier alpha value is -1.81. The Balaban J connectivity index is 2.19. The molecule has 0 aliphatic rings. The Bertz CT molecular complexity index is 569. The quantitative estimate of drug-likeness (QED) is 0.906. The maximum atomic E-state index is 13.9. The second kappa shape index (κ2) is 5.89. The van der Waals surface area contributed by atoms with Gasteiger partial charge >= 0.3 is 0 Å². The van der Waals surface area contributed by atoms with Gasteiger partial charge in [-0.05, 0) is 18.2 Å². The molecule has 0 heterocycles. The molecule has 19 heavy (non-hydrogen) atoms. The average molecular weight is 284 g/mol. The van der Waals surface area contributed by atoms with Gasteiger partial charge in [0.2, 0.25) is 0 Å². The molecular formula is C14H12ClF2NO. The number of halogens is 3. The van der Waals surface area contributed by atoms with E-state index in [1.54, 1.807) is 18.2 Å². The van der Waals surface area contributed by atoms with Crippen molar-refractivity contribution in [2.75, 3.05) is 12.4 Å². The van der Waals surface area contributed by atoms with Crippen molar-refractivity contribution in [2.24, 2.45) is 0 Å². The van der Waals surface area contributed by atoms with Crippen LogP contribution in [0.15, 0.2) is 36.4 Å². The van der Waals surface area contributed by atoms with Gasteiger partial charge in [0.15, 0.2) is 11.6 Å². The molecule has 2 aromatic rings. The summed E-state index contributed by atoms with van der Waals surface area (Å²) in [5.41, 5.74) is 0.532. The predicted molar refractivity (Wildman–Crippen MR) is 71.7 cm³/mol. The molecule has 0 saturated heterocycles. The number of methoxy groups -OCH3 is 1. The molecule has 0 unspecified atom stereocenters. The van der Waals surface area contributed by atoms with E-state index in [9.17, 15) is 8.78 Å². The number of nitrogens with one attached hydrogen (secondary N) is 1. The first-order chi connectivity index (χ1) is 9.13. The van der Waals surface area contributed by atoms with Crippen molar-refractivity contribution in [1.29, 1.82) is 0 Å². The van der Waals surface area contributed by atoms with Gasteiger partial charge < -0.3 is 10.1 Å². The van der Waals surface area contributed by atoms with Crippen LogP contribution < -0.4 is 10.1 Å². The molecule has 0 spiro atoms. The van der Waals surface area contributed by atoms with Crippen LogP contribution >= 0.6 is 11.6 Å². The monoisotopic (exact) mass is 283 g/mol. The summed E-state index contributed by atoms with van der Waals surface area (Å²) in [5.74, 6) is -0.792. The SMILES string of the molecule is COc1cccc(CNc2c(F)cccc2Cl)c1F. The highest BCUT2D eigenvalue weighted by atomic mass is 35.5. The van der Waals surface area contributed by atoms with Crippen molar-refractivity contribution in [3.63, 3.8) is 0 Å². The molecule has 0 bridgehead atoms. The third-order valence-corrected chi connectivity index (χ3v) is 3.00. The van der Waals surface area contributed by atoms with Gasteiger partial charge in [0.1, 0.15) is 5.82 Å². The fourth-order valence-electron chi connectivity index (χ4n) is 1.70. The van der Waals surface area contributed by atoms with Gasteiger partial charge in [-0.1, -0.05) is 29.8 Å². The summed E-state index contributed by atoms with van der Waals surface area (Å²) >= 11 is 5.87. The second-order valence-corrected chi connectivity index (χ2v) is 4.29. The van der Waals surface area contributed by atoms with Gasteiger partial charge in [0.05, 0.1) is 17.8 Å². The average Bonchev–Trinajstić information content (AvgIpc) is 2.40. The fourth-order valence-corrected chi connectivity index (χ4v) is 1.93. The minimum absolute atomic E-state index is 0.115. The summed E-state index contributed by atoms with van der Waals surface area (Å²) in [6.07, 6.45) is 0. The Morgan fingerprint density at radius 3 is 2.58 bits per heavy atom. The summed E-state index contributed by atoms with van der Waals surface area (Å²) < 4.78 is 32.3. The molecule has 2 rings (SSSR count). The number of ether oxygens (including phenoxy) is 1. The van der Waals surface area contributed by atoms with E-state index in [1.165, 1.54) is 25.3 Å². The zero-order valence-electron chi connectivity index (χ0n) is 10.2. The van der Waals surface area contributed by atoms with Gasteiger partial charge in [-0.15, -0.1) is 0 Å². The standard InChI is InChI=1S/C14H12ClF2NO/c1-19-12-7-2-4-9(13(12)17)8-18-14-10(15)5-3-6-11(14)16/h2-7,18H,8H2,1H3. The molecule has 0 amide bonds. The molecule has 0 atom stereocenters. The summed E-state index contributed by atoms with van der Waals surface area (Å²) in [6, 6.07) is 9.15. The predicted octanol–water partition coefficient (Wildman–Crippen LogP) is 4.24. The summed E-state index contributed by atoms with van der Waals surface area (Å²) in [4.78, 5) is 0. The number of benzene rings is 2. The molecule has 0 aromatic heterocycles. The van der Waals surface area contributed by atoms with Crippen molar-refractivity contribution in [3.8, 4) is 5.75 Å². The second-order valence-electron chi connectivity index (χ2n) is 3.88. The smallest absolute Gasteiger partial charge is 0.170 e. The number of anilines is 1. The van der Waals surface area contributed by atoms with E-state index in [2.05, 4.69) is 5.32 Å². The Morgan fingerprint density at radius 2 is 1.89 bits per heavy atom. The van der Waals surface area contributed by atoms with Crippen LogP contribution in [-0.4, -0.2) is 7.11 Å². The lowest BCUT2D eigenvalue weighted by atomic mass is 10.2. The molecular weight excluding hydrogens is 272 g/mol. The van der Waals surface area contributed by atoms with E-state index < -0.39 is 11.6 Å². The lowest BCUT2D eigenvalue weighted by molar-refractivity contribution is 0.384. The zero-order valence-corrected chi connectivity index (χ0v) is 11.0. The summed E-state index contributed by atoms with van der Waals surface area (Å²) in [5, 5.41) is 3.04. The molecule has 0 radical (unpaired) electrons. The first-order valence-electron chi connectivity index (χ1n) is 5.62. The molecule has 0 fully saturated rings. The maximum absolute atomic E-state index is 13.9. The maximum Gasteiger partial charge on any atom is 0.170 e. The fraction of sp³-hybridized carbons (Fsp3) is 0.143. The van der Waals surface area contributed by atoms with Crippen LogP contribution in [-0.2, 0) is 6.54 Å². The van der Waals surface area contributed by atoms with Crippen LogP contribution in [0.1, 0.15) is 5.56 Å². The van der Waals surface area contributed by atoms with E-state index >= 15 is 0 Å². The Labute approximate surface area is 115 Å². The van der Waals surface area contributed by atoms with Crippen LogP contribution in [0, 0.1) is 11.6 Å². The molecule has 0 aliphatic carbocycles. The van der Waals surface area contributed by atoms with Gasteiger partial charge in [0, 0.05) is 12.1 Å². The molecule has 5 heteroatoms. The summed E-state index contributed by atoms with van der Waals surface area (Å²) in [6.45, 7) is 0.115. The van der Waals surface area contributed by atoms with E-state index in [1.807, 2.05) is 0 Å². The molecule has 100 valence electrons. The van der Waals surface area contributed by atoms with Crippen molar-refractivity contribution in [1.82, 2.24) is 0 Å². The Kier molecular flexibility index (Phi) is 4.22. The highest BCUT2D eigenvalue weighted by molar-refractivity contribution is 6.33. The molecule has 2 nitrogen and oxygen atoms in total. The number of rotatable bonds is 4. The topological polar surface area (TPSA) is 21.3 Å². The van der Waals surface area contributed by atoms with Gasteiger partial charge in [0.25, 0.3) is 0 Å². The van der Waals surface area contributed by atoms with E-state index in [0.29, 0.717) is 5.56 Å². The number of hydrogen-bond acceptors (Lipinski definition) is 2. The first kappa shape index (κ1) is 13.6. The number of para-hydroxylation sites is 1. The molecule has 1 N–H and O–H groups in total. The minimum atomic E-state index is -0.476. The van der Waals surface area contributed by atoms with Crippen LogP contribution in [0.3, 0.4) is 0 Å². The number of hydrogen-bond donors (Lipinski definition) is 1. The van der Waals surface area contributed by atoms with Crippen molar-refractivity contribution in [2.45, 2.75) is 6.54 Å². The normalized spacial score (nSPS) is 10.3. The van der Waals surface area contributed by atoms with Gasteiger partial charge in [-0.25, -0.2) is 8.78 Å². The van der Waals surface area contributed by atoms with Crippen molar-refractivity contribution < 1.29 is 13.5 Å². The largest absolute Gasteiger partial charge is 0.494 e. The van der Waals surface area contributed by atoms with Crippen molar-refractivity contribution in [3.05, 3.63) is 58.6 Å². The minimum Gasteiger partial charge on any atom is -0.494 e. The van der Waals surface area contributed by atoms with Gasteiger partial charge in [-0.2, -0.15) is 0 Å². The highest BCUT2D eigenvalue weighted by Crippen LogP contribution is 2.26. The molecule has 0 aliphatic heterocycles. The lowest BCUT2D eigenvalue weighted by Gasteiger charge is -2.11. The van der Waals surface area contributed by atoms with Crippen LogP contribution in [0.5, 0.6) is 5.75 Å². The van der Waals surface area contributed by atoms with E-state index in [-0.39, 0.29) is 23.0 Å². The van der Waals surface area contributed by atoms with Crippen molar-refractivity contribution >= 4 is 17.3 Å². The zero-order chi connectivity index (χ0) is 13.8. The lowest BCUT2D eigenvalue weighted by Crippen LogP contribution is -2.05. The first-order valence-corrected chi connectivity index (χ1v) is 6.00. The third-order valence-electron chi connectivity index (χ3n) is 2.68. The highest BCUT2D eigenvalue weighted by Gasteiger charge is 2.10. The molecule has 2 aromatic carbocycles. The third kappa shape index (κ3) is 2.96. The van der Waals surface area contributed by atoms with E-state index in [4.69, 9.17) is 16.3 Å². The Morgan fingerprint density at radius 1 is 1.16 bits per heavy atom. The van der Waals surface area contributed by atoms with E-state index in [0.717, 1.165) is 0 Å².